The van der Waals surface area contributed by atoms with Crippen LogP contribution in [-0.4, -0.2) is 14.5 Å². The molecule has 2 N–H and O–H groups in total. The van der Waals surface area contributed by atoms with Gasteiger partial charge in [0.15, 0.2) is 0 Å². The number of imidazole rings is 1. The van der Waals surface area contributed by atoms with Gasteiger partial charge in [0.1, 0.15) is 5.82 Å². The molecular weight excluding hydrogens is 272 g/mol. The molecule has 104 valence electrons. The molecule has 3 aromatic rings. The summed E-state index contributed by atoms with van der Waals surface area (Å²) in [5.41, 5.74) is 3.10. The van der Waals surface area contributed by atoms with E-state index >= 15 is 0 Å². The van der Waals surface area contributed by atoms with E-state index in [4.69, 9.17) is 0 Å². The van der Waals surface area contributed by atoms with Gasteiger partial charge in [-0.3, -0.25) is 4.79 Å². The molecule has 0 aliphatic heterocycles. The predicted octanol–water partition coefficient (Wildman–Crippen LogP) is 2.10. The molecule has 0 radical (unpaired) electrons. The second-order valence-corrected chi connectivity index (χ2v) is 5.38. The highest BCUT2D eigenvalue weighted by molar-refractivity contribution is 7.07. The van der Waals surface area contributed by atoms with Gasteiger partial charge in [0.05, 0.1) is 17.6 Å². The summed E-state index contributed by atoms with van der Waals surface area (Å²) in [4.78, 5) is 18.5. The molecule has 2 heterocycles. The minimum absolute atomic E-state index is 0.0115. The molecule has 0 aliphatic rings. The average Bonchev–Trinajstić information content (AvgIpc) is 3.02. The SMILES string of the molecule is CCn1c(CNCc2csc(=O)[nH]2)nc2ccccc21. The van der Waals surface area contributed by atoms with Crippen molar-refractivity contribution in [2.45, 2.75) is 26.6 Å². The number of hydrogen-bond acceptors (Lipinski definition) is 4. The molecule has 3 rings (SSSR count). The van der Waals surface area contributed by atoms with Crippen molar-refractivity contribution in [3.63, 3.8) is 0 Å². The average molecular weight is 288 g/mol. The summed E-state index contributed by atoms with van der Waals surface area (Å²) in [5.74, 6) is 1.02. The van der Waals surface area contributed by atoms with E-state index in [1.165, 1.54) is 11.3 Å². The Morgan fingerprint density at radius 1 is 1.35 bits per heavy atom. The number of rotatable bonds is 5. The Labute approximate surface area is 120 Å². The van der Waals surface area contributed by atoms with Gasteiger partial charge in [0.25, 0.3) is 0 Å². The van der Waals surface area contributed by atoms with Crippen LogP contribution in [0.25, 0.3) is 11.0 Å². The van der Waals surface area contributed by atoms with Crippen molar-refractivity contribution in [3.05, 3.63) is 50.8 Å². The van der Waals surface area contributed by atoms with Gasteiger partial charge in [-0.25, -0.2) is 4.98 Å². The predicted molar refractivity (Wildman–Crippen MR) is 80.9 cm³/mol. The van der Waals surface area contributed by atoms with Gasteiger partial charge in [-0.1, -0.05) is 23.5 Å². The first-order valence-electron chi connectivity index (χ1n) is 6.59. The number of para-hydroxylation sites is 2. The van der Waals surface area contributed by atoms with Gasteiger partial charge in [-0.05, 0) is 19.1 Å². The van der Waals surface area contributed by atoms with Crippen LogP contribution in [0.1, 0.15) is 18.4 Å². The summed E-state index contributed by atoms with van der Waals surface area (Å²) in [5, 5.41) is 5.17. The number of nitrogens with one attached hydrogen (secondary N) is 2. The summed E-state index contributed by atoms with van der Waals surface area (Å²) in [6.45, 7) is 4.34. The summed E-state index contributed by atoms with van der Waals surface area (Å²) < 4.78 is 2.21. The zero-order valence-corrected chi connectivity index (χ0v) is 12.0. The lowest BCUT2D eigenvalue weighted by Crippen LogP contribution is -2.17. The van der Waals surface area contributed by atoms with Crippen molar-refractivity contribution in [2.24, 2.45) is 0 Å². The van der Waals surface area contributed by atoms with Crippen LogP contribution in [0.2, 0.25) is 0 Å². The number of nitrogens with zero attached hydrogens (tertiary/aromatic N) is 2. The third kappa shape index (κ3) is 2.52. The first-order valence-corrected chi connectivity index (χ1v) is 7.47. The van der Waals surface area contributed by atoms with Crippen LogP contribution < -0.4 is 10.2 Å². The number of aromatic nitrogens is 3. The van der Waals surface area contributed by atoms with Crippen molar-refractivity contribution in [3.8, 4) is 0 Å². The van der Waals surface area contributed by atoms with Gasteiger partial charge in [-0.2, -0.15) is 0 Å². The smallest absolute Gasteiger partial charge is 0.304 e. The fourth-order valence-electron chi connectivity index (χ4n) is 2.32. The highest BCUT2D eigenvalue weighted by atomic mass is 32.1. The lowest BCUT2D eigenvalue weighted by atomic mass is 10.3. The molecule has 5 nitrogen and oxygen atoms in total. The van der Waals surface area contributed by atoms with Crippen LogP contribution in [0.3, 0.4) is 0 Å². The summed E-state index contributed by atoms with van der Waals surface area (Å²) in [7, 11) is 0. The van der Waals surface area contributed by atoms with E-state index in [1.807, 2.05) is 23.6 Å². The molecule has 0 fully saturated rings. The third-order valence-corrected chi connectivity index (χ3v) is 3.94. The van der Waals surface area contributed by atoms with E-state index < -0.39 is 0 Å². The molecule has 0 saturated heterocycles. The summed E-state index contributed by atoms with van der Waals surface area (Å²) in [6, 6.07) is 8.15. The summed E-state index contributed by atoms with van der Waals surface area (Å²) in [6.07, 6.45) is 0. The molecule has 0 saturated carbocycles. The fraction of sp³-hybridized carbons (Fsp3) is 0.286. The van der Waals surface area contributed by atoms with Gasteiger partial charge < -0.3 is 14.9 Å². The molecule has 0 aliphatic carbocycles. The van der Waals surface area contributed by atoms with E-state index in [-0.39, 0.29) is 4.87 Å². The first-order chi connectivity index (χ1) is 9.78. The largest absolute Gasteiger partial charge is 0.327 e. The number of thiazole rings is 1. The Morgan fingerprint density at radius 3 is 2.95 bits per heavy atom. The van der Waals surface area contributed by atoms with Crippen LogP contribution in [0, 0.1) is 0 Å². The van der Waals surface area contributed by atoms with Crippen LogP contribution in [0.4, 0.5) is 0 Å². The van der Waals surface area contributed by atoms with Crippen molar-refractivity contribution >= 4 is 22.4 Å². The van der Waals surface area contributed by atoms with E-state index in [1.54, 1.807) is 0 Å². The first kappa shape index (κ1) is 13.1. The maximum absolute atomic E-state index is 11.1. The minimum atomic E-state index is -0.0115. The Kier molecular flexibility index (Phi) is 3.66. The Bertz CT molecular complexity index is 771. The Morgan fingerprint density at radius 2 is 2.20 bits per heavy atom. The maximum atomic E-state index is 11.1. The second kappa shape index (κ2) is 5.60. The van der Waals surface area contributed by atoms with E-state index in [0.29, 0.717) is 13.1 Å². The minimum Gasteiger partial charge on any atom is -0.327 e. The molecular formula is C14H16N4OS. The quantitative estimate of drug-likeness (QED) is 0.755. The normalized spacial score (nSPS) is 11.2. The highest BCUT2D eigenvalue weighted by Crippen LogP contribution is 2.15. The number of H-pyrrole nitrogens is 1. The standard InChI is InChI=1S/C14H16N4OS/c1-2-18-12-6-4-3-5-11(12)17-13(18)8-15-7-10-9-20-14(19)16-10/h3-6,9,15H,2,7-8H2,1H3,(H,16,19). The van der Waals surface area contributed by atoms with Crippen molar-refractivity contribution in [2.75, 3.05) is 0 Å². The van der Waals surface area contributed by atoms with Crippen LogP contribution in [0.5, 0.6) is 0 Å². The second-order valence-electron chi connectivity index (χ2n) is 4.54. The number of hydrogen-bond donors (Lipinski definition) is 2. The molecule has 0 atom stereocenters. The molecule has 2 aromatic heterocycles. The van der Waals surface area contributed by atoms with E-state index in [9.17, 15) is 4.79 Å². The zero-order chi connectivity index (χ0) is 13.9. The monoisotopic (exact) mass is 288 g/mol. The van der Waals surface area contributed by atoms with Crippen molar-refractivity contribution in [1.82, 2.24) is 19.9 Å². The van der Waals surface area contributed by atoms with Crippen molar-refractivity contribution < 1.29 is 0 Å². The zero-order valence-electron chi connectivity index (χ0n) is 11.2. The van der Waals surface area contributed by atoms with Crippen LogP contribution in [0.15, 0.2) is 34.4 Å². The van der Waals surface area contributed by atoms with Gasteiger partial charge in [0.2, 0.25) is 0 Å². The molecule has 0 spiro atoms. The third-order valence-electron chi connectivity index (χ3n) is 3.22. The van der Waals surface area contributed by atoms with Crippen molar-refractivity contribution in [1.29, 1.82) is 0 Å². The van der Waals surface area contributed by atoms with E-state index in [2.05, 4.69) is 32.8 Å². The molecule has 6 heteroatoms. The van der Waals surface area contributed by atoms with Gasteiger partial charge in [0, 0.05) is 24.2 Å². The Hall–Kier alpha value is -1.92. The fourth-order valence-corrected chi connectivity index (χ4v) is 2.90. The highest BCUT2D eigenvalue weighted by Gasteiger charge is 2.08. The lowest BCUT2D eigenvalue weighted by molar-refractivity contribution is 0.615. The number of fused-ring (bicyclic) bond motifs is 1. The van der Waals surface area contributed by atoms with Gasteiger partial charge >= 0.3 is 4.87 Å². The number of aryl methyl sites for hydroxylation is 1. The number of aromatic amines is 1. The summed E-state index contributed by atoms with van der Waals surface area (Å²) >= 11 is 1.19. The lowest BCUT2D eigenvalue weighted by Gasteiger charge is -2.06. The van der Waals surface area contributed by atoms with Crippen LogP contribution in [-0.2, 0) is 19.6 Å². The Balaban J connectivity index is 1.75. The van der Waals surface area contributed by atoms with Gasteiger partial charge in [-0.15, -0.1) is 0 Å². The molecule has 0 unspecified atom stereocenters. The maximum Gasteiger partial charge on any atom is 0.304 e. The van der Waals surface area contributed by atoms with Crippen LogP contribution >= 0.6 is 11.3 Å². The topological polar surface area (TPSA) is 62.7 Å². The number of benzene rings is 1. The van der Waals surface area contributed by atoms with E-state index in [0.717, 1.165) is 29.1 Å². The molecule has 1 aromatic carbocycles. The molecule has 20 heavy (non-hydrogen) atoms. The molecule has 0 bridgehead atoms. The molecule has 0 amide bonds.